The molecule has 2 aliphatic carbocycles. The van der Waals surface area contributed by atoms with Gasteiger partial charge in [-0.3, -0.25) is 24.0 Å². The van der Waals surface area contributed by atoms with Crippen LogP contribution in [0.4, 0.5) is 0 Å². The zero-order valence-corrected chi connectivity index (χ0v) is 20.3. The number of carbonyl (C=O) groups is 5. The lowest BCUT2D eigenvalue weighted by molar-refractivity contribution is -0.141. The van der Waals surface area contributed by atoms with Gasteiger partial charge in [-0.1, -0.05) is 43.2 Å². The standard InChI is InChI=1S/C26H36N4O5/c1-2-27-22(31)15-13-20(24(33)26(35)28-19-11-12-19)30-25(34)21(16-18-8-9-18)29-23(32)14-10-17-6-4-3-5-7-17/h3-7,18-21H,2,8-16H2,1H3,(H,27,31)(H,28,35)(H,29,32)(H,30,34)/t20?,21-/m0/s1. The summed E-state index contributed by atoms with van der Waals surface area (Å²) in [6.07, 6.45) is 4.92. The van der Waals surface area contributed by atoms with Crippen LogP contribution in [0.2, 0.25) is 0 Å². The predicted molar refractivity (Wildman–Crippen MR) is 130 cm³/mol. The molecule has 4 N–H and O–H groups in total. The molecule has 2 fully saturated rings. The fourth-order valence-electron chi connectivity index (χ4n) is 3.83. The van der Waals surface area contributed by atoms with Gasteiger partial charge < -0.3 is 21.3 Å². The van der Waals surface area contributed by atoms with E-state index in [0.717, 1.165) is 31.2 Å². The molecule has 0 saturated heterocycles. The maximum absolute atomic E-state index is 13.1. The van der Waals surface area contributed by atoms with Gasteiger partial charge in [0.1, 0.15) is 6.04 Å². The van der Waals surface area contributed by atoms with E-state index in [9.17, 15) is 24.0 Å². The number of Topliss-reactive ketones (excluding diaryl/α,β-unsaturated/α-hetero) is 1. The van der Waals surface area contributed by atoms with Crippen molar-refractivity contribution < 1.29 is 24.0 Å². The molecule has 4 amide bonds. The van der Waals surface area contributed by atoms with Crippen molar-refractivity contribution in [3.63, 3.8) is 0 Å². The van der Waals surface area contributed by atoms with Crippen molar-refractivity contribution in [3.05, 3.63) is 35.9 Å². The van der Waals surface area contributed by atoms with Crippen molar-refractivity contribution in [1.29, 1.82) is 0 Å². The van der Waals surface area contributed by atoms with E-state index in [2.05, 4.69) is 21.3 Å². The lowest BCUT2D eigenvalue weighted by atomic mass is 10.0. The fourth-order valence-corrected chi connectivity index (χ4v) is 3.83. The second kappa shape index (κ2) is 13.0. The van der Waals surface area contributed by atoms with Crippen molar-refractivity contribution in [3.8, 4) is 0 Å². The van der Waals surface area contributed by atoms with Gasteiger partial charge in [0.05, 0.1) is 6.04 Å². The van der Waals surface area contributed by atoms with E-state index in [1.807, 2.05) is 30.3 Å². The number of hydrogen-bond acceptors (Lipinski definition) is 5. The SMILES string of the molecule is CCNC(=O)CCC(NC(=O)[C@H](CC1CC1)NC(=O)CCc1ccccc1)C(=O)C(=O)NC1CC1. The maximum Gasteiger partial charge on any atom is 0.289 e. The molecule has 1 unspecified atom stereocenters. The van der Waals surface area contributed by atoms with Crippen LogP contribution in [-0.2, 0) is 30.4 Å². The first-order valence-electron chi connectivity index (χ1n) is 12.6. The Labute approximate surface area is 206 Å². The molecule has 2 aliphatic rings. The van der Waals surface area contributed by atoms with E-state index < -0.39 is 29.7 Å². The summed E-state index contributed by atoms with van der Waals surface area (Å²) in [5.41, 5.74) is 1.03. The molecule has 3 rings (SSSR count). The third-order valence-electron chi connectivity index (χ3n) is 6.20. The molecule has 2 saturated carbocycles. The molecule has 190 valence electrons. The summed E-state index contributed by atoms with van der Waals surface area (Å²) in [6.45, 7) is 2.23. The Kier molecular flexibility index (Phi) is 9.81. The van der Waals surface area contributed by atoms with Crippen LogP contribution in [0.5, 0.6) is 0 Å². The van der Waals surface area contributed by atoms with Gasteiger partial charge in [-0.2, -0.15) is 0 Å². The highest BCUT2D eigenvalue weighted by molar-refractivity contribution is 6.38. The minimum Gasteiger partial charge on any atom is -0.356 e. The molecule has 2 atom stereocenters. The van der Waals surface area contributed by atoms with Gasteiger partial charge in [-0.15, -0.1) is 0 Å². The Morgan fingerprint density at radius 2 is 1.60 bits per heavy atom. The highest BCUT2D eigenvalue weighted by atomic mass is 16.2. The van der Waals surface area contributed by atoms with Crippen LogP contribution in [-0.4, -0.2) is 54.1 Å². The molecule has 0 bridgehead atoms. The van der Waals surface area contributed by atoms with Crippen LogP contribution in [0, 0.1) is 5.92 Å². The lowest BCUT2D eigenvalue weighted by Gasteiger charge is -2.23. The number of ketones is 1. The van der Waals surface area contributed by atoms with E-state index in [4.69, 9.17) is 0 Å². The largest absolute Gasteiger partial charge is 0.356 e. The zero-order chi connectivity index (χ0) is 25.2. The molecule has 1 aromatic rings. The van der Waals surface area contributed by atoms with Gasteiger partial charge in [-0.25, -0.2) is 0 Å². The Morgan fingerprint density at radius 3 is 2.23 bits per heavy atom. The first kappa shape index (κ1) is 26.4. The van der Waals surface area contributed by atoms with E-state index in [-0.39, 0.29) is 37.1 Å². The van der Waals surface area contributed by atoms with Gasteiger partial charge >= 0.3 is 0 Å². The molecule has 9 nitrogen and oxygen atoms in total. The number of amides is 4. The Morgan fingerprint density at radius 1 is 0.886 bits per heavy atom. The van der Waals surface area contributed by atoms with Crippen LogP contribution >= 0.6 is 0 Å². The number of carbonyl (C=O) groups excluding carboxylic acids is 5. The summed E-state index contributed by atoms with van der Waals surface area (Å²) in [6, 6.07) is 7.69. The summed E-state index contributed by atoms with van der Waals surface area (Å²) in [5.74, 6) is -2.17. The first-order chi connectivity index (χ1) is 16.9. The first-order valence-corrected chi connectivity index (χ1v) is 12.6. The normalized spacial score (nSPS) is 16.5. The van der Waals surface area contributed by atoms with Gasteiger partial charge in [-0.05, 0) is 50.5 Å². The van der Waals surface area contributed by atoms with Crippen molar-refractivity contribution >= 4 is 29.4 Å². The average Bonchev–Trinajstić information content (AvgIpc) is 3.77. The second-order valence-corrected chi connectivity index (χ2v) is 9.45. The van der Waals surface area contributed by atoms with Crippen molar-refractivity contribution in [2.45, 2.75) is 82.8 Å². The molecule has 9 heteroatoms. The third kappa shape index (κ3) is 9.50. The molecule has 0 aromatic heterocycles. The highest BCUT2D eigenvalue weighted by Crippen LogP contribution is 2.33. The quantitative estimate of drug-likeness (QED) is 0.277. The van der Waals surface area contributed by atoms with Crippen molar-refractivity contribution in [1.82, 2.24) is 21.3 Å². The number of benzene rings is 1. The molecule has 1 aromatic carbocycles. The van der Waals surface area contributed by atoms with E-state index in [0.29, 0.717) is 25.3 Å². The van der Waals surface area contributed by atoms with Crippen LogP contribution < -0.4 is 21.3 Å². The number of hydrogen-bond donors (Lipinski definition) is 4. The zero-order valence-electron chi connectivity index (χ0n) is 20.3. The smallest absolute Gasteiger partial charge is 0.289 e. The van der Waals surface area contributed by atoms with Crippen molar-refractivity contribution in [2.24, 2.45) is 5.92 Å². The molecular formula is C26H36N4O5. The van der Waals surface area contributed by atoms with E-state index in [1.54, 1.807) is 6.92 Å². The lowest BCUT2D eigenvalue weighted by Crippen LogP contribution is -2.54. The summed E-state index contributed by atoms with van der Waals surface area (Å²) >= 11 is 0. The van der Waals surface area contributed by atoms with E-state index >= 15 is 0 Å². The summed E-state index contributed by atoms with van der Waals surface area (Å²) in [4.78, 5) is 62.9. The minimum atomic E-state index is -1.13. The Balaban J connectivity index is 1.60. The Bertz CT molecular complexity index is 912. The fraction of sp³-hybridized carbons (Fsp3) is 0.577. The van der Waals surface area contributed by atoms with Gasteiger partial charge in [0.2, 0.25) is 23.5 Å². The number of rotatable bonds is 15. The molecule has 0 radical (unpaired) electrons. The van der Waals surface area contributed by atoms with Crippen LogP contribution in [0.1, 0.15) is 63.9 Å². The van der Waals surface area contributed by atoms with Crippen LogP contribution in [0.25, 0.3) is 0 Å². The van der Waals surface area contributed by atoms with E-state index in [1.165, 1.54) is 0 Å². The molecule has 35 heavy (non-hydrogen) atoms. The molecule has 0 spiro atoms. The molecule has 0 aliphatic heterocycles. The predicted octanol–water partition coefficient (Wildman–Crippen LogP) is 1.15. The van der Waals surface area contributed by atoms with Gasteiger partial charge in [0, 0.05) is 25.4 Å². The molecule has 0 heterocycles. The Hall–Kier alpha value is -3.23. The monoisotopic (exact) mass is 484 g/mol. The number of nitrogens with one attached hydrogen (secondary N) is 4. The highest BCUT2D eigenvalue weighted by Gasteiger charge is 2.35. The summed E-state index contributed by atoms with van der Waals surface area (Å²) < 4.78 is 0. The molecular weight excluding hydrogens is 448 g/mol. The van der Waals surface area contributed by atoms with Gasteiger partial charge in [0.15, 0.2) is 0 Å². The van der Waals surface area contributed by atoms with Crippen LogP contribution in [0.15, 0.2) is 30.3 Å². The topological polar surface area (TPSA) is 133 Å². The average molecular weight is 485 g/mol. The second-order valence-electron chi connectivity index (χ2n) is 9.45. The van der Waals surface area contributed by atoms with Crippen molar-refractivity contribution in [2.75, 3.05) is 6.54 Å². The van der Waals surface area contributed by atoms with Crippen LogP contribution in [0.3, 0.4) is 0 Å². The maximum atomic E-state index is 13.1. The summed E-state index contributed by atoms with van der Waals surface area (Å²) in [7, 11) is 0. The van der Waals surface area contributed by atoms with Gasteiger partial charge in [0.25, 0.3) is 5.91 Å². The number of aryl methyl sites for hydroxylation is 1. The third-order valence-corrected chi connectivity index (χ3v) is 6.20. The minimum absolute atomic E-state index is 0.00202. The summed E-state index contributed by atoms with van der Waals surface area (Å²) in [5, 5.41) is 10.8.